The normalized spacial score (nSPS) is 13.4. The second-order valence-corrected chi connectivity index (χ2v) is 3.96. The molecule has 1 amide bonds. The van der Waals surface area contributed by atoms with Crippen LogP contribution in [-0.4, -0.2) is 30.4 Å². The van der Waals surface area contributed by atoms with Gasteiger partial charge < -0.3 is 14.6 Å². The fraction of sp³-hybridized carbons (Fsp3) is 0.231. The molecule has 1 saturated heterocycles. The lowest BCUT2D eigenvalue weighted by molar-refractivity contribution is -0.133. The predicted octanol–water partition coefficient (Wildman–Crippen LogP) is 1.28. The highest BCUT2D eigenvalue weighted by Crippen LogP contribution is 2.13. The highest BCUT2D eigenvalue weighted by molar-refractivity contribution is 5.91. The van der Waals surface area contributed by atoms with Gasteiger partial charge in [-0.1, -0.05) is 30.3 Å². The predicted molar refractivity (Wildman–Crippen MR) is 65.2 cm³/mol. The molecule has 1 aliphatic rings. The summed E-state index contributed by atoms with van der Waals surface area (Å²) in [4.78, 5) is 22.5. The van der Waals surface area contributed by atoms with E-state index < -0.39 is 12.1 Å². The second kappa shape index (κ2) is 6.01. The minimum absolute atomic E-state index is 0.0887. The molecule has 0 aromatic heterocycles. The van der Waals surface area contributed by atoms with E-state index in [1.165, 1.54) is 0 Å². The molecular formula is C13H13NO5. The molecule has 2 rings (SSSR count). The molecule has 1 aromatic rings. The molecule has 6 nitrogen and oxygen atoms in total. The first kappa shape index (κ1) is 13.1. The van der Waals surface area contributed by atoms with Gasteiger partial charge in [-0.2, -0.15) is 0 Å². The van der Waals surface area contributed by atoms with Gasteiger partial charge >= 0.3 is 12.1 Å². The molecular weight excluding hydrogens is 250 g/mol. The number of carbonyl (C=O) groups excluding carboxylic acids is 1. The van der Waals surface area contributed by atoms with E-state index >= 15 is 0 Å². The van der Waals surface area contributed by atoms with Crippen LogP contribution in [0.15, 0.2) is 41.6 Å². The van der Waals surface area contributed by atoms with Crippen molar-refractivity contribution in [2.45, 2.75) is 6.61 Å². The first-order valence-electron chi connectivity index (χ1n) is 5.67. The van der Waals surface area contributed by atoms with Crippen LogP contribution in [0.5, 0.6) is 0 Å². The standard InChI is InChI=1S/C13H13NO5/c15-12(16)11(10-7-18-8-10)14-13(17)19-6-9-4-2-1-3-5-9/h1-5H,6-8H2,(H,14,17)(H,15,16). The lowest BCUT2D eigenvalue weighted by atomic mass is 10.2. The SMILES string of the molecule is O=C(NC(C(=O)O)=C1COC1)OCc1ccccc1. The van der Waals surface area contributed by atoms with Crippen molar-refractivity contribution in [1.82, 2.24) is 5.32 Å². The van der Waals surface area contributed by atoms with Gasteiger partial charge in [0.2, 0.25) is 0 Å². The van der Waals surface area contributed by atoms with Gasteiger partial charge in [0.05, 0.1) is 13.2 Å². The zero-order chi connectivity index (χ0) is 13.7. The van der Waals surface area contributed by atoms with Crippen LogP contribution in [0.2, 0.25) is 0 Å². The summed E-state index contributed by atoms with van der Waals surface area (Å²) in [5, 5.41) is 11.2. The zero-order valence-electron chi connectivity index (χ0n) is 10.1. The number of alkyl carbamates (subject to hydrolysis) is 1. The Bertz CT molecular complexity index is 503. The van der Waals surface area contributed by atoms with Crippen molar-refractivity contribution in [3.8, 4) is 0 Å². The Labute approximate surface area is 109 Å². The summed E-state index contributed by atoms with van der Waals surface area (Å²) in [5.41, 5.74) is 1.21. The van der Waals surface area contributed by atoms with Crippen LogP contribution in [0.4, 0.5) is 4.79 Å². The Morgan fingerprint density at radius 2 is 1.95 bits per heavy atom. The van der Waals surface area contributed by atoms with Gasteiger partial charge in [0.15, 0.2) is 0 Å². The first-order valence-corrected chi connectivity index (χ1v) is 5.67. The van der Waals surface area contributed by atoms with Gasteiger partial charge in [-0.3, -0.25) is 5.32 Å². The average molecular weight is 263 g/mol. The quantitative estimate of drug-likeness (QED) is 0.799. The molecule has 0 atom stereocenters. The van der Waals surface area contributed by atoms with E-state index in [1.54, 1.807) is 0 Å². The van der Waals surface area contributed by atoms with Crippen LogP contribution in [0.25, 0.3) is 0 Å². The highest BCUT2D eigenvalue weighted by atomic mass is 16.5. The number of carboxylic acid groups (broad SMARTS) is 1. The minimum atomic E-state index is -1.20. The molecule has 0 bridgehead atoms. The van der Waals surface area contributed by atoms with Crippen molar-refractivity contribution in [3.05, 3.63) is 47.2 Å². The molecule has 0 spiro atoms. The van der Waals surface area contributed by atoms with Crippen LogP contribution < -0.4 is 5.32 Å². The van der Waals surface area contributed by atoms with E-state index in [0.717, 1.165) is 5.56 Å². The van der Waals surface area contributed by atoms with E-state index in [2.05, 4.69) is 5.32 Å². The maximum Gasteiger partial charge on any atom is 0.412 e. The lowest BCUT2D eigenvalue weighted by Crippen LogP contribution is -2.33. The molecule has 0 radical (unpaired) electrons. The average Bonchev–Trinajstić information content (AvgIpc) is 2.34. The fourth-order valence-electron chi connectivity index (χ4n) is 1.50. The maximum atomic E-state index is 11.5. The van der Waals surface area contributed by atoms with E-state index in [9.17, 15) is 9.59 Å². The molecule has 0 aliphatic carbocycles. The molecule has 19 heavy (non-hydrogen) atoms. The molecule has 0 saturated carbocycles. The zero-order valence-corrected chi connectivity index (χ0v) is 10.1. The van der Waals surface area contributed by atoms with Crippen molar-refractivity contribution in [2.75, 3.05) is 13.2 Å². The number of aliphatic carboxylic acids is 1. The van der Waals surface area contributed by atoms with Gasteiger partial charge in [-0.05, 0) is 5.56 Å². The third-order valence-corrected chi connectivity index (χ3v) is 2.56. The van der Waals surface area contributed by atoms with Crippen LogP contribution in [-0.2, 0) is 20.9 Å². The Morgan fingerprint density at radius 3 is 2.47 bits per heavy atom. The Kier molecular flexibility index (Phi) is 4.15. The highest BCUT2D eigenvalue weighted by Gasteiger charge is 2.22. The number of rotatable bonds is 4. The number of hydrogen-bond donors (Lipinski definition) is 2. The fourth-order valence-corrected chi connectivity index (χ4v) is 1.50. The number of hydrogen-bond acceptors (Lipinski definition) is 4. The number of carboxylic acids is 1. The van der Waals surface area contributed by atoms with Gasteiger partial charge in [0.1, 0.15) is 12.3 Å². The van der Waals surface area contributed by atoms with Crippen LogP contribution in [0.1, 0.15) is 5.56 Å². The van der Waals surface area contributed by atoms with Crippen LogP contribution in [0, 0.1) is 0 Å². The molecule has 1 aromatic carbocycles. The number of ether oxygens (including phenoxy) is 2. The third-order valence-electron chi connectivity index (χ3n) is 2.56. The number of benzene rings is 1. The lowest BCUT2D eigenvalue weighted by Gasteiger charge is -2.20. The second-order valence-electron chi connectivity index (χ2n) is 3.96. The third kappa shape index (κ3) is 3.56. The molecule has 1 fully saturated rings. The van der Waals surface area contributed by atoms with E-state index in [4.69, 9.17) is 14.6 Å². The van der Waals surface area contributed by atoms with Gasteiger partial charge in [-0.15, -0.1) is 0 Å². The topological polar surface area (TPSA) is 84.9 Å². The Hall–Kier alpha value is -2.34. The Balaban J connectivity index is 1.89. The van der Waals surface area contributed by atoms with Gasteiger partial charge in [-0.25, -0.2) is 9.59 Å². The van der Waals surface area contributed by atoms with Crippen molar-refractivity contribution >= 4 is 12.1 Å². The summed E-state index contributed by atoms with van der Waals surface area (Å²) >= 11 is 0. The summed E-state index contributed by atoms with van der Waals surface area (Å²) in [6.07, 6.45) is -0.791. The smallest absolute Gasteiger partial charge is 0.412 e. The molecule has 1 aliphatic heterocycles. The molecule has 2 N–H and O–H groups in total. The van der Waals surface area contributed by atoms with E-state index in [-0.39, 0.29) is 25.5 Å². The van der Waals surface area contributed by atoms with Crippen molar-refractivity contribution in [2.24, 2.45) is 0 Å². The van der Waals surface area contributed by atoms with Gasteiger partial charge in [0, 0.05) is 5.57 Å². The largest absolute Gasteiger partial charge is 0.477 e. The van der Waals surface area contributed by atoms with Crippen LogP contribution in [0.3, 0.4) is 0 Å². The Morgan fingerprint density at radius 1 is 1.26 bits per heavy atom. The molecule has 0 unspecified atom stereocenters. The minimum Gasteiger partial charge on any atom is -0.477 e. The summed E-state index contributed by atoms with van der Waals surface area (Å²) in [5.74, 6) is -1.20. The van der Waals surface area contributed by atoms with Crippen LogP contribution >= 0.6 is 0 Å². The van der Waals surface area contributed by atoms with E-state index in [0.29, 0.717) is 5.57 Å². The molecule has 100 valence electrons. The summed E-state index contributed by atoms with van der Waals surface area (Å²) in [7, 11) is 0. The molecule has 6 heteroatoms. The van der Waals surface area contributed by atoms with Crippen molar-refractivity contribution < 1.29 is 24.2 Å². The monoisotopic (exact) mass is 263 g/mol. The summed E-state index contributed by atoms with van der Waals surface area (Å²) in [6.45, 7) is 0.534. The van der Waals surface area contributed by atoms with E-state index in [1.807, 2.05) is 30.3 Å². The maximum absolute atomic E-state index is 11.5. The summed E-state index contributed by atoms with van der Waals surface area (Å²) in [6, 6.07) is 9.13. The number of nitrogens with one attached hydrogen (secondary N) is 1. The van der Waals surface area contributed by atoms with Crippen molar-refractivity contribution in [1.29, 1.82) is 0 Å². The summed E-state index contributed by atoms with van der Waals surface area (Å²) < 4.78 is 9.80. The van der Waals surface area contributed by atoms with Gasteiger partial charge in [0.25, 0.3) is 0 Å². The molecule has 1 heterocycles. The number of amides is 1. The van der Waals surface area contributed by atoms with Crippen molar-refractivity contribution in [3.63, 3.8) is 0 Å². The number of carbonyl (C=O) groups is 2. The first-order chi connectivity index (χ1) is 9.16.